The first-order valence-electron chi connectivity index (χ1n) is 7.57. The van der Waals surface area contributed by atoms with Crippen LogP contribution >= 0.6 is 0 Å². The SMILES string of the molecule is CC1(C)OC(c2ccc(S(N)(=O)=O)cc2F)=C(c2ccc(F)cc2)C1=O. The van der Waals surface area contributed by atoms with E-state index in [9.17, 15) is 22.0 Å². The largest absolute Gasteiger partial charge is 0.478 e. The van der Waals surface area contributed by atoms with Gasteiger partial charge >= 0.3 is 0 Å². The van der Waals surface area contributed by atoms with E-state index in [0.717, 1.165) is 12.1 Å². The number of benzene rings is 2. The second kappa shape index (κ2) is 6.00. The molecule has 26 heavy (non-hydrogen) atoms. The van der Waals surface area contributed by atoms with E-state index >= 15 is 0 Å². The summed E-state index contributed by atoms with van der Waals surface area (Å²) in [7, 11) is -4.08. The number of ketones is 1. The molecule has 0 saturated heterocycles. The molecule has 0 radical (unpaired) electrons. The molecule has 5 nitrogen and oxygen atoms in total. The molecule has 0 saturated carbocycles. The molecule has 0 unspecified atom stereocenters. The summed E-state index contributed by atoms with van der Waals surface area (Å²) in [5, 5.41) is 5.00. The van der Waals surface area contributed by atoms with E-state index in [-0.39, 0.29) is 16.9 Å². The van der Waals surface area contributed by atoms with Crippen LogP contribution in [0.3, 0.4) is 0 Å². The van der Waals surface area contributed by atoms with Gasteiger partial charge in [-0.15, -0.1) is 0 Å². The Morgan fingerprint density at radius 3 is 2.19 bits per heavy atom. The van der Waals surface area contributed by atoms with Crippen LogP contribution in [-0.4, -0.2) is 19.8 Å². The molecule has 1 aliphatic heterocycles. The third-order valence-corrected chi connectivity index (χ3v) is 4.92. The maximum absolute atomic E-state index is 14.6. The van der Waals surface area contributed by atoms with Crippen molar-refractivity contribution in [1.29, 1.82) is 0 Å². The van der Waals surface area contributed by atoms with E-state index in [1.807, 2.05) is 0 Å². The first-order chi connectivity index (χ1) is 12.0. The summed E-state index contributed by atoms with van der Waals surface area (Å²) < 4.78 is 56.2. The van der Waals surface area contributed by atoms with Gasteiger partial charge in [-0.2, -0.15) is 0 Å². The average molecular weight is 379 g/mol. The van der Waals surface area contributed by atoms with Gasteiger partial charge in [-0.25, -0.2) is 22.3 Å². The number of carbonyl (C=O) groups excluding carboxylic acids is 1. The summed E-state index contributed by atoms with van der Waals surface area (Å²) in [4.78, 5) is 12.3. The number of carbonyl (C=O) groups is 1. The van der Waals surface area contributed by atoms with Gasteiger partial charge in [0.1, 0.15) is 17.4 Å². The van der Waals surface area contributed by atoms with Crippen molar-refractivity contribution in [2.45, 2.75) is 24.3 Å². The van der Waals surface area contributed by atoms with Crippen LogP contribution in [0.25, 0.3) is 11.3 Å². The molecule has 1 heterocycles. The van der Waals surface area contributed by atoms with Gasteiger partial charge in [0.25, 0.3) is 0 Å². The van der Waals surface area contributed by atoms with Crippen molar-refractivity contribution < 1.29 is 26.7 Å². The molecule has 8 heteroatoms. The highest BCUT2D eigenvalue weighted by Crippen LogP contribution is 2.42. The van der Waals surface area contributed by atoms with Crippen molar-refractivity contribution in [2.75, 3.05) is 0 Å². The minimum Gasteiger partial charge on any atom is -0.478 e. The van der Waals surface area contributed by atoms with Crippen molar-refractivity contribution >= 4 is 27.1 Å². The summed E-state index contributed by atoms with van der Waals surface area (Å²) in [6.07, 6.45) is 0. The smallest absolute Gasteiger partial charge is 0.238 e. The third kappa shape index (κ3) is 3.13. The summed E-state index contributed by atoms with van der Waals surface area (Å²) in [6, 6.07) is 8.22. The van der Waals surface area contributed by atoms with E-state index in [4.69, 9.17) is 9.88 Å². The predicted molar refractivity (Wildman–Crippen MR) is 91.2 cm³/mol. The molecule has 136 valence electrons. The van der Waals surface area contributed by atoms with Crippen LogP contribution in [0.1, 0.15) is 25.0 Å². The van der Waals surface area contributed by atoms with Crippen molar-refractivity contribution in [3.8, 4) is 0 Å². The lowest BCUT2D eigenvalue weighted by Crippen LogP contribution is -2.29. The highest BCUT2D eigenvalue weighted by Gasteiger charge is 2.43. The predicted octanol–water partition coefficient (Wildman–Crippen LogP) is 2.86. The van der Waals surface area contributed by atoms with Crippen molar-refractivity contribution in [2.24, 2.45) is 5.14 Å². The zero-order chi connectivity index (χ0) is 19.3. The molecule has 0 bridgehead atoms. The number of hydrogen-bond donors (Lipinski definition) is 1. The number of halogens is 2. The number of primary sulfonamides is 1. The quantitative estimate of drug-likeness (QED) is 0.888. The Labute approximate surface area is 149 Å². The topological polar surface area (TPSA) is 86.5 Å². The maximum Gasteiger partial charge on any atom is 0.238 e. The molecule has 3 rings (SSSR count). The van der Waals surface area contributed by atoms with Gasteiger partial charge in [-0.1, -0.05) is 12.1 Å². The molecular weight excluding hydrogens is 364 g/mol. The van der Waals surface area contributed by atoms with E-state index in [1.54, 1.807) is 0 Å². The Bertz CT molecular complexity index is 1040. The highest BCUT2D eigenvalue weighted by atomic mass is 32.2. The summed E-state index contributed by atoms with van der Waals surface area (Å²) in [5.41, 5.74) is -0.871. The summed E-state index contributed by atoms with van der Waals surface area (Å²) >= 11 is 0. The molecule has 2 aromatic rings. The zero-order valence-electron chi connectivity index (χ0n) is 13.9. The molecule has 0 aliphatic carbocycles. The Kier molecular flexibility index (Phi) is 4.20. The molecule has 0 amide bonds. The number of nitrogens with two attached hydrogens (primary N) is 1. The van der Waals surface area contributed by atoms with Gasteiger partial charge < -0.3 is 4.74 Å². The number of Topliss-reactive ketones (excluding diaryl/α,β-unsaturated/α-hetero) is 1. The van der Waals surface area contributed by atoms with Gasteiger partial charge in [0, 0.05) is 0 Å². The fourth-order valence-corrected chi connectivity index (χ4v) is 3.21. The van der Waals surface area contributed by atoms with Crippen LogP contribution in [-0.2, 0) is 19.6 Å². The number of sulfonamides is 1. The second-order valence-electron chi connectivity index (χ2n) is 6.34. The normalized spacial score (nSPS) is 16.7. The highest BCUT2D eigenvalue weighted by molar-refractivity contribution is 7.89. The van der Waals surface area contributed by atoms with E-state index in [1.165, 1.54) is 44.2 Å². The maximum atomic E-state index is 14.6. The molecule has 2 aromatic carbocycles. The molecular formula is C18H15F2NO4S. The molecule has 2 N–H and O–H groups in total. The van der Waals surface area contributed by atoms with Crippen LogP contribution in [0.5, 0.6) is 0 Å². The Balaban J connectivity index is 2.22. The van der Waals surface area contributed by atoms with Gasteiger partial charge in [0.05, 0.1) is 16.0 Å². The molecule has 0 aromatic heterocycles. The van der Waals surface area contributed by atoms with Crippen molar-refractivity contribution in [3.05, 3.63) is 65.2 Å². The fourth-order valence-electron chi connectivity index (χ4n) is 2.68. The summed E-state index contributed by atoms with van der Waals surface area (Å²) in [6.45, 7) is 3.06. The Hall–Kier alpha value is -2.58. The van der Waals surface area contributed by atoms with Gasteiger partial charge in [0.2, 0.25) is 15.8 Å². The fraction of sp³-hybridized carbons (Fsp3) is 0.167. The number of hydrogen-bond acceptors (Lipinski definition) is 4. The minimum atomic E-state index is -4.08. The number of rotatable bonds is 3. The standard InChI is InChI=1S/C18H15F2NO4S/c1-18(2)17(22)15(10-3-5-11(19)6-4-10)16(25-18)13-8-7-12(9-14(13)20)26(21,23)24/h3-9H,1-2H3,(H2,21,23,24). The van der Waals surface area contributed by atoms with Crippen LogP contribution in [0.2, 0.25) is 0 Å². The van der Waals surface area contributed by atoms with E-state index < -0.39 is 37.9 Å². The monoisotopic (exact) mass is 379 g/mol. The van der Waals surface area contributed by atoms with Crippen molar-refractivity contribution in [3.63, 3.8) is 0 Å². The molecule has 0 spiro atoms. The third-order valence-electron chi connectivity index (χ3n) is 4.00. The number of ether oxygens (including phenoxy) is 1. The molecule has 1 aliphatic rings. The lowest BCUT2D eigenvalue weighted by molar-refractivity contribution is -0.125. The van der Waals surface area contributed by atoms with Gasteiger partial charge in [-0.3, -0.25) is 4.79 Å². The second-order valence-corrected chi connectivity index (χ2v) is 7.90. The Morgan fingerprint density at radius 2 is 1.65 bits per heavy atom. The Morgan fingerprint density at radius 1 is 1.04 bits per heavy atom. The van der Waals surface area contributed by atoms with Crippen molar-refractivity contribution in [1.82, 2.24) is 0 Å². The van der Waals surface area contributed by atoms with Gasteiger partial charge in [0.15, 0.2) is 5.60 Å². The zero-order valence-corrected chi connectivity index (χ0v) is 14.7. The van der Waals surface area contributed by atoms with Crippen LogP contribution in [0.4, 0.5) is 8.78 Å². The minimum absolute atomic E-state index is 0.0370. The van der Waals surface area contributed by atoms with E-state index in [0.29, 0.717) is 5.56 Å². The first-order valence-corrected chi connectivity index (χ1v) is 9.12. The molecule has 0 fully saturated rings. The lowest BCUT2D eigenvalue weighted by Gasteiger charge is -2.18. The lowest BCUT2D eigenvalue weighted by atomic mass is 9.92. The molecule has 0 atom stereocenters. The van der Waals surface area contributed by atoms with Crippen LogP contribution in [0.15, 0.2) is 47.4 Å². The average Bonchev–Trinajstić information content (AvgIpc) is 2.77. The van der Waals surface area contributed by atoms with E-state index in [2.05, 4.69) is 0 Å². The van der Waals surface area contributed by atoms with Crippen LogP contribution < -0.4 is 5.14 Å². The van der Waals surface area contributed by atoms with Crippen LogP contribution in [0, 0.1) is 11.6 Å². The summed E-state index contributed by atoms with van der Waals surface area (Å²) in [5.74, 6) is -1.82. The van der Waals surface area contributed by atoms with Gasteiger partial charge in [-0.05, 0) is 49.7 Å². The first kappa shape index (κ1) is 18.2.